The third-order valence-corrected chi connectivity index (χ3v) is 5.66. The van der Waals surface area contributed by atoms with Gasteiger partial charge in [-0.2, -0.15) is 0 Å². The van der Waals surface area contributed by atoms with Crippen LogP contribution in [0, 0.1) is 0 Å². The van der Waals surface area contributed by atoms with Gasteiger partial charge >= 0.3 is 7.82 Å². The number of hydrogen-bond donors (Lipinski definition) is 7. The molecule has 0 bridgehead atoms. The zero-order valence-corrected chi connectivity index (χ0v) is 18.5. The van der Waals surface area contributed by atoms with E-state index in [2.05, 4.69) is 24.8 Å². The van der Waals surface area contributed by atoms with E-state index >= 15 is 0 Å². The molecule has 3 heterocycles. The number of nitrogens with zero attached hydrogens (tertiary/aromatic N) is 4. The third-order valence-electron chi connectivity index (χ3n) is 5.17. The Hall–Kier alpha value is -3.04. The molecular formula is C18H22N5O10P. The highest BCUT2D eigenvalue weighted by atomic mass is 31.2. The van der Waals surface area contributed by atoms with E-state index in [-0.39, 0.29) is 29.4 Å². The second-order valence-electron chi connectivity index (χ2n) is 7.40. The molecule has 2 aromatic heterocycles. The number of aromatic hydroxyl groups is 2. The van der Waals surface area contributed by atoms with E-state index in [9.17, 15) is 25.0 Å². The Morgan fingerprint density at radius 1 is 1.18 bits per heavy atom. The first-order chi connectivity index (χ1) is 16.1. The molecule has 7 N–H and O–H groups in total. The number of imidazole rings is 1. The quantitative estimate of drug-likeness (QED) is 0.155. The van der Waals surface area contributed by atoms with Crippen molar-refractivity contribution in [1.29, 1.82) is 0 Å². The number of aliphatic hydroxyl groups excluding tert-OH is 2. The number of nitrogens with one attached hydrogen (secondary N) is 1. The van der Waals surface area contributed by atoms with Crippen LogP contribution in [-0.2, 0) is 20.4 Å². The van der Waals surface area contributed by atoms with E-state index in [0.29, 0.717) is 16.9 Å². The summed E-state index contributed by atoms with van der Waals surface area (Å²) in [5, 5.41) is 43.3. The average molecular weight is 499 g/mol. The van der Waals surface area contributed by atoms with Crippen LogP contribution in [0.3, 0.4) is 0 Å². The van der Waals surface area contributed by atoms with E-state index in [0.717, 1.165) is 0 Å². The van der Waals surface area contributed by atoms with Crippen molar-refractivity contribution in [2.75, 3.05) is 19.0 Å². The van der Waals surface area contributed by atoms with Crippen LogP contribution in [0.5, 0.6) is 17.2 Å². The van der Waals surface area contributed by atoms with E-state index in [1.807, 2.05) is 0 Å². The van der Waals surface area contributed by atoms with Crippen LogP contribution in [-0.4, -0.2) is 81.8 Å². The van der Waals surface area contributed by atoms with Gasteiger partial charge in [-0.15, -0.1) is 0 Å². The SMILES string of the molecule is COc1cc(CNc2ncnc3c2ncn3[C@@H]2O[C@H](COP(=O)(O)O)[C@@H](O)[C@H]2O)cc(O)c1O. The van der Waals surface area contributed by atoms with Crippen LogP contribution in [0.25, 0.3) is 11.2 Å². The smallest absolute Gasteiger partial charge is 0.469 e. The summed E-state index contributed by atoms with van der Waals surface area (Å²) in [6.45, 7) is -0.470. The number of phosphoric ester groups is 1. The maximum Gasteiger partial charge on any atom is 0.469 e. The molecule has 0 unspecified atom stereocenters. The van der Waals surface area contributed by atoms with Crippen molar-refractivity contribution in [1.82, 2.24) is 19.5 Å². The molecule has 0 amide bonds. The van der Waals surface area contributed by atoms with Crippen LogP contribution >= 0.6 is 7.82 Å². The lowest BCUT2D eigenvalue weighted by Gasteiger charge is -2.16. The van der Waals surface area contributed by atoms with Gasteiger partial charge in [-0.05, 0) is 17.7 Å². The standard InChI is InChI=1S/C18H22N5O10P/c1-31-10-3-8(2-9(24)13(10)25)4-19-16-12-17(21-6-20-16)23(7-22-12)18-15(27)14(26)11(33-18)5-32-34(28,29)30/h2-3,6-7,11,14-15,18,24-27H,4-5H2,1H3,(H,19,20,21)(H2,28,29,30)/t11-,14-,15-,18-/m1/s1. The Morgan fingerprint density at radius 3 is 2.65 bits per heavy atom. The van der Waals surface area contributed by atoms with Gasteiger partial charge in [0.15, 0.2) is 34.7 Å². The number of phenolic OH excluding ortho intramolecular Hbond substituents is 2. The summed E-state index contributed by atoms with van der Waals surface area (Å²) in [5.41, 5.74) is 1.12. The van der Waals surface area contributed by atoms with Crippen molar-refractivity contribution in [3.05, 3.63) is 30.4 Å². The number of phenols is 2. The molecule has 4 atom stereocenters. The number of rotatable bonds is 8. The van der Waals surface area contributed by atoms with Gasteiger partial charge in [-0.3, -0.25) is 9.09 Å². The minimum Gasteiger partial charge on any atom is -0.504 e. The Labute approximate surface area is 191 Å². The number of ether oxygens (including phenoxy) is 2. The molecule has 34 heavy (non-hydrogen) atoms. The second kappa shape index (κ2) is 9.31. The van der Waals surface area contributed by atoms with Crippen LogP contribution in [0.15, 0.2) is 24.8 Å². The molecule has 1 saturated heterocycles. The van der Waals surface area contributed by atoms with Crippen molar-refractivity contribution >= 4 is 24.8 Å². The minimum atomic E-state index is -4.79. The first-order valence-electron chi connectivity index (χ1n) is 9.81. The average Bonchev–Trinajstić information content (AvgIpc) is 3.34. The predicted molar refractivity (Wildman–Crippen MR) is 113 cm³/mol. The maximum absolute atomic E-state index is 10.9. The Balaban J connectivity index is 1.54. The number of methoxy groups -OCH3 is 1. The van der Waals surface area contributed by atoms with Gasteiger partial charge in [0, 0.05) is 6.54 Å². The van der Waals surface area contributed by atoms with Gasteiger partial charge in [0.25, 0.3) is 0 Å². The summed E-state index contributed by atoms with van der Waals surface area (Å²) in [6.07, 6.45) is -2.75. The van der Waals surface area contributed by atoms with Gasteiger partial charge in [-0.25, -0.2) is 19.5 Å². The fourth-order valence-corrected chi connectivity index (χ4v) is 3.87. The fourth-order valence-electron chi connectivity index (χ4n) is 3.53. The molecule has 4 rings (SSSR count). The van der Waals surface area contributed by atoms with E-state index in [1.54, 1.807) is 0 Å². The first kappa shape index (κ1) is 24.1. The molecule has 1 aliphatic heterocycles. The van der Waals surface area contributed by atoms with Crippen molar-refractivity contribution in [2.45, 2.75) is 31.1 Å². The van der Waals surface area contributed by atoms with E-state index in [1.165, 1.54) is 36.5 Å². The molecule has 1 fully saturated rings. The summed E-state index contributed by atoms with van der Waals surface area (Å²) >= 11 is 0. The zero-order valence-electron chi connectivity index (χ0n) is 17.6. The van der Waals surface area contributed by atoms with E-state index < -0.39 is 39.0 Å². The Morgan fingerprint density at radius 2 is 1.94 bits per heavy atom. The highest BCUT2D eigenvalue weighted by molar-refractivity contribution is 7.46. The fraction of sp³-hybridized carbons (Fsp3) is 0.389. The number of phosphoric acid groups is 1. The number of aliphatic hydroxyl groups is 2. The first-order valence-corrected chi connectivity index (χ1v) is 11.3. The van der Waals surface area contributed by atoms with Crippen molar-refractivity contribution < 1.29 is 48.8 Å². The van der Waals surface area contributed by atoms with Crippen LogP contribution in [0.2, 0.25) is 0 Å². The van der Waals surface area contributed by atoms with Crippen molar-refractivity contribution in [2.24, 2.45) is 0 Å². The van der Waals surface area contributed by atoms with Gasteiger partial charge < -0.3 is 45.0 Å². The summed E-state index contributed by atoms with van der Waals surface area (Å²) in [4.78, 5) is 30.3. The van der Waals surface area contributed by atoms with Crippen molar-refractivity contribution in [3.8, 4) is 17.2 Å². The topological polar surface area (TPSA) is 222 Å². The number of benzene rings is 1. The summed E-state index contributed by atoms with van der Waals surface area (Å²) < 4.78 is 27.2. The van der Waals surface area contributed by atoms with Gasteiger partial charge in [-0.1, -0.05) is 0 Å². The number of fused-ring (bicyclic) bond motifs is 1. The minimum absolute atomic E-state index is 0.0946. The van der Waals surface area contributed by atoms with Crippen molar-refractivity contribution in [3.63, 3.8) is 0 Å². The van der Waals surface area contributed by atoms with Gasteiger partial charge in [0.2, 0.25) is 5.75 Å². The predicted octanol–water partition coefficient (Wildman–Crippen LogP) is -0.413. The van der Waals surface area contributed by atoms with Crippen LogP contribution < -0.4 is 10.1 Å². The Bertz CT molecular complexity index is 1230. The summed E-state index contributed by atoms with van der Waals surface area (Å²) in [5.74, 6) is -0.325. The Kier molecular flexibility index (Phi) is 6.60. The molecule has 1 aromatic carbocycles. The molecule has 3 aromatic rings. The van der Waals surface area contributed by atoms with Gasteiger partial charge in [0.05, 0.1) is 20.0 Å². The molecule has 0 saturated carbocycles. The van der Waals surface area contributed by atoms with Crippen LogP contribution in [0.4, 0.5) is 5.82 Å². The lowest BCUT2D eigenvalue weighted by atomic mass is 10.1. The highest BCUT2D eigenvalue weighted by Crippen LogP contribution is 2.39. The molecule has 15 nitrogen and oxygen atoms in total. The molecule has 0 spiro atoms. The number of anilines is 1. The molecule has 0 radical (unpaired) electrons. The lowest BCUT2D eigenvalue weighted by molar-refractivity contribution is -0.0504. The monoisotopic (exact) mass is 499 g/mol. The normalized spacial score (nSPS) is 22.9. The number of hydrogen-bond acceptors (Lipinski definition) is 12. The molecule has 0 aliphatic carbocycles. The zero-order chi connectivity index (χ0) is 24.6. The maximum atomic E-state index is 10.9. The molecule has 16 heteroatoms. The number of aromatic nitrogens is 4. The molecular weight excluding hydrogens is 477 g/mol. The second-order valence-corrected chi connectivity index (χ2v) is 8.64. The largest absolute Gasteiger partial charge is 0.504 e. The van der Waals surface area contributed by atoms with E-state index in [4.69, 9.17) is 19.3 Å². The highest BCUT2D eigenvalue weighted by Gasteiger charge is 2.45. The van der Waals surface area contributed by atoms with Gasteiger partial charge in [0.1, 0.15) is 24.6 Å². The molecule has 184 valence electrons. The molecule has 1 aliphatic rings. The third kappa shape index (κ3) is 4.76. The lowest BCUT2D eigenvalue weighted by Crippen LogP contribution is -2.33. The van der Waals surface area contributed by atoms with Crippen LogP contribution in [0.1, 0.15) is 11.8 Å². The summed E-state index contributed by atoms with van der Waals surface area (Å²) in [7, 11) is -3.44. The summed E-state index contributed by atoms with van der Waals surface area (Å²) in [6, 6.07) is 2.88.